The van der Waals surface area contributed by atoms with Gasteiger partial charge in [-0.3, -0.25) is 4.79 Å². The number of fused-ring (bicyclic) bond motifs is 1. The molecule has 100 valence electrons. The van der Waals surface area contributed by atoms with Gasteiger partial charge in [0.2, 0.25) is 11.8 Å². The summed E-state index contributed by atoms with van der Waals surface area (Å²) in [4.78, 5) is 22.5. The third-order valence-corrected chi connectivity index (χ3v) is 2.47. The SMILES string of the molecule is CNC(=O)C=Cc1c[nH]c2ncnc(OC(C)C)c12. The van der Waals surface area contributed by atoms with Crippen LogP contribution in [0.25, 0.3) is 17.1 Å². The Hall–Kier alpha value is -2.37. The lowest BCUT2D eigenvalue weighted by atomic mass is 10.2. The number of aromatic amines is 1. The average Bonchev–Trinajstić information content (AvgIpc) is 2.79. The maximum Gasteiger partial charge on any atom is 0.243 e. The zero-order chi connectivity index (χ0) is 13.8. The van der Waals surface area contributed by atoms with Crippen molar-refractivity contribution >= 4 is 23.0 Å². The van der Waals surface area contributed by atoms with E-state index in [0.717, 1.165) is 10.9 Å². The van der Waals surface area contributed by atoms with E-state index < -0.39 is 0 Å². The largest absolute Gasteiger partial charge is 0.474 e. The number of rotatable bonds is 4. The third kappa shape index (κ3) is 2.90. The Kier molecular flexibility index (Phi) is 3.79. The van der Waals surface area contributed by atoms with E-state index in [1.54, 1.807) is 19.3 Å². The van der Waals surface area contributed by atoms with Crippen LogP contribution in [0.4, 0.5) is 0 Å². The number of nitrogens with zero attached hydrogens (tertiary/aromatic N) is 2. The van der Waals surface area contributed by atoms with Gasteiger partial charge in [-0.15, -0.1) is 0 Å². The van der Waals surface area contributed by atoms with Gasteiger partial charge in [-0.1, -0.05) is 0 Å². The highest BCUT2D eigenvalue weighted by atomic mass is 16.5. The number of nitrogens with one attached hydrogen (secondary N) is 2. The van der Waals surface area contributed by atoms with Gasteiger partial charge in [-0.25, -0.2) is 9.97 Å². The Morgan fingerprint density at radius 2 is 2.26 bits per heavy atom. The fourth-order valence-corrected chi connectivity index (χ4v) is 1.65. The normalized spacial score (nSPS) is 11.4. The number of hydrogen-bond donors (Lipinski definition) is 2. The summed E-state index contributed by atoms with van der Waals surface area (Å²) < 4.78 is 5.65. The Labute approximate surface area is 110 Å². The summed E-state index contributed by atoms with van der Waals surface area (Å²) in [5.41, 5.74) is 1.50. The summed E-state index contributed by atoms with van der Waals surface area (Å²) >= 11 is 0. The zero-order valence-corrected chi connectivity index (χ0v) is 11.1. The molecule has 1 amide bonds. The van der Waals surface area contributed by atoms with Gasteiger partial charge in [-0.05, 0) is 19.9 Å². The number of hydrogen-bond acceptors (Lipinski definition) is 4. The van der Waals surface area contributed by atoms with E-state index in [1.165, 1.54) is 12.4 Å². The summed E-state index contributed by atoms with van der Waals surface area (Å²) in [5.74, 6) is 0.343. The highest BCUT2D eigenvalue weighted by molar-refractivity contribution is 5.96. The van der Waals surface area contributed by atoms with Gasteiger partial charge in [0.25, 0.3) is 0 Å². The molecule has 0 unspecified atom stereocenters. The molecule has 0 atom stereocenters. The Morgan fingerprint density at radius 3 is 2.95 bits per heavy atom. The number of amides is 1. The molecule has 0 aliphatic rings. The smallest absolute Gasteiger partial charge is 0.243 e. The van der Waals surface area contributed by atoms with Crippen LogP contribution in [0.1, 0.15) is 19.4 Å². The number of H-pyrrole nitrogens is 1. The van der Waals surface area contributed by atoms with E-state index in [0.29, 0.717) is 11.5 Å². The molecule has 0 fully saturated rings. The standard InChI is InChI=1S/C13H16N4O2/c1-8(2)19-13-11-9(4-5-10(18)14-3)6-15-12(11)16-7-17-13/h4-8H,1-3H3,(H,14,18)(H,15,16,17). The topological polar surface area (TPSA) is 79.9 Å². The molecule has 2 rings (SSSR count). The van der Waals surface area contributed by atoms with Crippen molar-refractivity contribution in [2.24, 2.45) is 0 Å². The molecule has 0 saturated carbocycles. The molecule has 2 aromatic rings. The van der Waals surface area contributed by atoms with Crippen LogP contribution in [0, 0.1) is 0 Å². The van der Waals surface area contributed by atoms with Crippen LogP contribution in [0.5, 0.6) is 5.88 Å². The first-order valence-corrected chi connectivity index (χ1v) is 6.00. The molecule has 6 heteroatoms. The summed E-state index contributed by atoms with van der Waals surface area (Å²) in [6.07, 6.45) is 6.39. The lowest BCUT2D eigenvalue weighted by molar-refractivity contribution is -0.115. The molecule has 6 nitrogen and oxygen atoms in total. The molecule has 0 spiro atoms. The molecule has 0 saturated heterocycles. The molecule has 0 aliphatic carbocycles. The number of ether oxygens (including phenoxy) is 1. The van der Waals surface area contributed by atoms with Crippen LogP contribution in [0.2, 0.25) is 0 Å². The molecule has 2 heterocycles. The fraction of sp³-hybridized carbons (Fsp3) is 0.308. The van der Waals surface area contributed by atoms with Crippen molar-refractivity contribution in [2.45, 2.75) is 20.0 Å². The van der Waals surface area contributed by atoms with Gasteiger partial charge in [0.05, 0.1) is 11.5 Å². The van der Waals surface area contributed by atoms with Crippen LogP contribution in [-0.2, 0) is 4.79 Å². The first-order valence-electron chi connectivity index (χ1n) is 6.00. The lowest BCUT2D eigenvalue weighted by Gasteiger charge is -2.09. The van der Waals surface area contributed by atoms with Crippen molar-refractivity contribution in [3.8, 4) is 5.88 Å². The summed E-state index contributed by atoms with van der Waals surface area (Å²) in [6.45, 7) is 3.86. The molecule has 0 radical (unpaired) electrons. The second kappa shape index (κ2) is 5.51. The highest BCUT2D eigenvalue weighted by Crippen LogP contribution is 2.26. The molecule has 0 aliphatic heterocycles. The highest BCUT2D eigenvalue weighted by Gasteiger charge is 2.11. The van der Waals surface area contributed by atoms with Crippen LogP contribution < -0.4 is 10.1 Å². The minimum absolute atomic E-state index is 0.0174. The lowest BCUT2D eigenvalue weighted by Crippen LogP contribution is -2.13. The molecule has 0 aromatic carbocycles. The van der Waals surface area contributed by atoms with Gasteiger partial charge in [0.1, 0.15) is 12.0 Å². The van der Waals surface area contributed by atoms with Crippen molar-refractivity contribution in [1.29, 1.82) is 0 Å². The Balaban J connectivity index is 2.44. The minimum Gasteiger partial charge on any atom is -0.474 e. The fourth-order valence-electron chi connectivity index (χ4n) is 1.65. The Bertz CT molecular complexity index is 616. The van der Waals surface area contributed by atoms with Crippen LogP contribution in [0.3, 0.4) is 0 Å². The first kappa shape index (κ1) is 13.1. The monoisotopic (exact) mass is 260 g/mol. The first-order chi connectivity index (χ1) is 9.11. The van der Waals surface area contributed by atoms with E-state index >= 15 is 0 Å². The molecule has 19 heavy (non-hydrogen) atoms. The second-order valence-corrected chi connectivity index (χ2v) is 4.26. The van der Waals surface area contributed by atoms with E-state index in [1.807, 2.05) is 13.8 Å². The van der Waals surface area contributed by atoms with Gasteiger partial charge >= 0.3 is 0 Å². The van der Waals surface area contributed by atoms with Crippen molar-refractivity contribution < 1.29 is 9.53 Å². The summed E-state index contributed by atoms with van der Waals surface area (Å²) in [7, 11) is 1.58. The van der Waals surface area contributed by atoms with Crippen molar-refractivity contribution in [3.63, 3.8) is 0 Å². The van der Waals surface area contributed by atoms with Gasteiger partial charge in [-0.2, -0.15) is 0 Å². The summed E-state index contributed by atoms with van der Waals surface area (Å²) in [6, 6.07) is 0. The van der Waals surface area contributed by atoms with E-state index in [-0.39, 0.29) is 12.0 Å². The van der Waals surface area contributed by atoms with Gasteiger partial charge in [0.15, 0.2) is 0 Å². The maximum absolute atomic E-state index is 11.2. The molecular weight excluding hydrogens is 244 g/mol. The van der Waals surface area contributed by atoms with Gasteiger partial charge < -0.3 is 15.0 Å². The van der Waals surface area contributed by atoms with E-state index in [4.69, 9.17) is 4.74 Å². The average molecular weight is 260 g/mol. The number of carbonyl (C=O) groups is 1. The predicted octanol–water partition coefficient (Wildman–Crippen LogP) is 1.50. The molecule has 2 aromatic heterocycles. The van der Waals surface area contributed by atoms with E-state index in [9.17, 15) is 4.79 Å². The second-order valence-electron chi connectivity index (χ2n) is 4.26. The van der Waals surface area contributed by atoms with Crippen LogP contribution >= 0.6 is 0 Å². The third-order valence-electron chi connectivity index (χ3n) is 2.47. The van der Waals surface area contributed by atoms with Crippen molar-refractivity contribution in [2.75, 3.05) is 7.05 Å². The molecule has 0 bridgehead atoms. The minimum atomic E-state index is -0.169. The van der Waals surface area contributed by atoms with Gasteiger partial charge in [0, 0.05) is 24.9 Å². The van der Waals surface area contributed by atoms with Crippen molar-refractivity contribution in [3.05, 3.63) is 24.2 Å². The number of aromatic nitrogens is 3. The van der Waals surface area contributed by atoms with E-state index in [2.05, 4.69) is 20.3 Å². The molecular formula is C13H16N4O2. The number of carbonyl (C=O) groups excluding carboxylic acids is 1. The quantitative estimate of drug-likeness (QED) is 0.816. The number of likely N-dealkylation sites (N-methyl/N-ethyl adjacent to an activating group) is 1. The van der Waals surface area contributed by atoms with Crippen LogP contribution in [0.15, 0.2) is 18.6 Å². The van der Waals surface area contributed by atoms with Crippen LogP contribution in [-0.4, -0.2) is 34.0 Å². The zero-order valence-electron chi connectivity index (χ0n) is 11.1. The Morgan fingerprint density at radius 1 is 1.47 bits per heavy atom. The summed E-state index contributed by atoms with van der Waals surface area (Å²) in [5, 5.41) is 3.30. The van der Waals surface area contributed by atoms with Crippen molar-refractivity contribution in [1.82, 2.24) is 20.3 Å². The molecule has 2 N–H and O–H groups in total. The maximum atomic E-state index is 11.2. The predicted molar refractivity (Wildman–Crippen MR) is 72.8 cm³/mol.